The van der Waals surface area contributed by atoms with Crippen LogP contribution in [0, 0.1) is 6.92 Å². The van der Waals surface area contributed by atoms with E-state index >= 15 is 0 Å². The van der Waals surface area contributed by atoms with Crippen molar-refractivity contribution < 1.29 is 13.0 Å². The normalized spacial score (nSPS) is 11.3. The van der Waals surface area contributed by atoms with Crippen LogP contribution in [-0.2, 0) is 10.1 Å². The van der Waals surface area contributed by atoms with Crippen molar-refractivity contribution in [2.75, 3.05) is 5.32 Å². The van der Waals surface area contributed by atoms with Crippen molar-refractivity contribution in [1.82, 2.24) is 15.0 Å². The van der Waals surface area contributed by atoms with Gasteiger partial charge in [0.1, 0.15) is 6.33 Å². The van der Waals surface area contributed by atoms with Crippen molar-refractivity contribution >= 4 is 33.4 Å². The summed E-state index contributed by atoms with van der Waals surface area (Å²) < 4.78 is 31.1. The van der Waals surface area contributed by atoms with Gasteiger partial charge in [0.15, 0.2) is 0 Å². The molecule has 0 atom stereocenters. The molecule has 0 bridgehead atoms. The van der Waals surface area contributed by atoms with Crippen LogP contribution in [0.1, 0.15) is 5.56 Å². The number of nitrogens with zero attached hydrogens (tertiary/aromatic N) is 3. The van der Waals surface area contributed by atoms with Crippen LogP contribution >= 0.6 is 11.6 Å². The summed E-state index contributed by atoms with van der Waals surface area (Å²) in [6, 6.07) is 4.31. The summed E-state index contributed by atoms with van der Waals surface area (Å²) in [6.45, 7) is 1.56. The molecule has 0 saturated heterocycles. The van der Waals surface area contributed by atoms with Crippen molar-refractivity contribution in [3.63, 3.8) is 0 Å². The lowest BCUT2D eigenvalue weighted by atomic mass is 10.2. The predicted octanol–water partition coefficient (Wildman–Crippen LogP) is 1.82. The number of anilines is 2. The third kappa shape index (κ3) is 3.37. The van der Waals surface area contributed by atoms with Crippen LogP contribution in [-0.4, -0.2) is 27.9 Å². The average molecular weight is 301 g/mol. The maximum Gasteiger partial charge on any atom is 0.294 e. The van der Waals surface area contributed by atoms with E-state index in [1.165, 1.54) is 18.5 Å². The fraction of sp³-hybridized carbons (Fsp3) is 0.100. The molecular formula is C10H9ClN4O3S. The van der Waals surface area contributed by atoms with Gasteiger partial charge in [0.05, 0.1) is 4.90 Å². The van der Waals surface area contributed by atoms with E-state index in [0.29, 0.717) is 11.3 Å². The second-order valence-corrected chi connectivity index (χ2v) is 5.39. The molecule has 0 amide bonds. The second-order valence-electron chi connectivity index (χ2n) is 3.66. The van der Waals surface area contributed by atoms with E-state index in [1.54, 1.807) is 13.0 Å². The molecule has 1 aromatic carbocycles. The van der Waals surface area contributed by atoms with Gasteiger partial charge in [0.2, 0.25) is 11.2 Å². The summed E-state index contributed by atoms with van der Waals surface area (Å²) in [4.78, 5) is 11.2. The van der Waals surface area contributed by atoms with Gasteiger partial charge in [-0.1, -0.05) is 0 Å². The Morgan fingerprint density at radius 3 is 2.63 bits per heavy atom. The number of halogens is 1. The summed E-state index contributed by atoms with van der Waals surface area (Å²) in [5.41, 5.74) is 0.958. The lowest BCUT2D eigenvalue weighted by Gasteiger charge is -2.07. The SMILES string of the molecule is Cc1cc(Nc2ncnc(Cl)n2)ccc1S(=O)(=O)O. The van der Waals surface area contributed by atoms with E-state index in [1.807, 2.05) is 0 Å². The maximum atomic E-state index is 11.1. The Balaban J connectivity index is 2.31. The first kappa shape index (κ1) is 13.7. The van der Waals surface area contributed by atoms with Crippen molar-refractivity contribution in [3.8, 4) is 0 Å². The fourth-order valence-electron chi connectivity index (χ4n) is 1.48. The average Bonchev–Trinajstić information content (AvgIpc) is 2.27. The predicted molar refractivity (Wildman–Crippen MR) is 69.1 cm³/mol. The Hall–Kier alpha value is -1.77. The Morgan fingerprint density at radius 2 is 2.05 bits per heavy atom. The van der Waals surface area contributed by atoms with Crippen LogP contribution < -0.4 is 5.32 Å². The van der Waals surface area contributed by atoms with Gasteiger partial charge in [-0.15, -0.1) is 0 Å². The van der Waals surface area contributed by atoms with Crippen molar-refractivity contribution in [3.05, 3.63) is 35.4 Å². The number of rotatable bonds is 3. The molecule has 1 aromatic heterocycles. The van der Waals surface area contributed by atoms with Gasteiger partial charge in [-0.3, -0.25) is 4.55 Å². The van der Waals surface area contributed by atoms with Crippen LogP contribution in [0.15, 0.2) is 29.4 Å². The van der Waals surface area contributed by atoms with Gasteiger partial charge >= 0.3 is 0 Å². The van der Waals surface area contributed by atoms with Crippen LogP contribution in [0.4, 0.5) is 11.6 Å². The zero-order valence-electron chi connectivity index (χ0n) is 9.70. The summed E-state index contributed by atoms with van der Waals surface area (Å²) in [7, 11) is -4.22. The molecule has 0 aliphatic rings. The second kappa shape index (κ2) is 5.08. The molecule has 100 valence electrons. The van der Waals surface area contributed by atoms with Gasteiger partial charge in [-0.2, -0.15) is 13.4 Å². The lowest BCUT2D eigenvalue weighted by molar-refractivity contribution is 0.482. The molecule has 2 rings (SSSR count). The lowest BCUT2D eigenvalue weighted by Crippen LogP contribution is -2.02. The smallest absolute Gasteiger partial charge is 0.294 e. The monoisotopic (exact) mass is 300 g/mol. The number of hydrogen-bond donors (Lipinski definition) is 2. The van der Waals surface area contributed by atoms with Gasteiger partial charge in [0.25, 0.3) is 10.1 Å². The maximum absolute atomic E-state index is 11.1. The van der Waals surface area contributed by atoms with Crippen LogP contribution in [0.2, 0.25) is 5.28 Å². The van der Waals surface area contributed by atoms with Crippen LogP contribution in [0.3, 0.4) is 0 Å². The molecule has 0 fully saturated rings. The molecule has 7 nitrogen and oxygen atoms in total. The standard InChI is InChI=1S/C10H9ClN4O3S/c1-6-4-7(2-3-8(6)19(16,17)18)14-10-13-5-12-9(11)15-10/h2-5H,1H3,(H,16,17,18)(H,12,13,14,15). The third-order valence-electron chi connectivity index (χ3n) is 2.25. The molecule has 0 spiro atoms. The quantitative estimate of drug-likeness (QED) is 0.833. The van der Waals surface area contributed by atoms with E-state index in [0.717, 1.165) is 0 Å². The zero-order valence-corrected chi connectivity index (χ0v) is 11.3. The van der Waals surface area contributed by atoms with Crippen LogP contribution in [0.5, 0.6) is 0 Å². The highest BCUT2D eigenvalue weighted by molar-refractivity contribution is 7.85. The Morgan fingerprint density at radius 1 is 1.32 bits per heavy atom. The summed E-state index contributed by atoms with van der Waals surface area (Å²) in [6.07, 6.45) is 1.25. The summed E-state index contributed by atoms with van der Waals surface area (Å²) >= 11 is 5.61. The van der Waals surface area contributed by atoms with Gasteiger partial charge in [0, 0.05) is 5.69 Å². The molecular weight excluding hydrogens is 292 g/mol. The Bertz CT molecular complexity index is 720. The molecule has 0 unspecified atom stereocenters. The van der Waals surface area contributed by atoms with E-state index in [4.69, 9.17) is 16.2 Å². The Labute approximate surface area is 114 Å². The minimum absolute atomic E-state index is 0.0452. The number of benzene rings is 1. The molecule has 9 heteroatoms. The van der Waals surface area contributed by atoms with E-state index in [9.17, 15) is 8.42 Å². The van der Waals surface area contributed by atoms with E-state index < -0.39 is 10.1 Å². The molecule has 2 aromatic rings. The first-order valence-corrected chi connectivity index (χ1v) is 6.88. The molecule has 1 heterocycles. The van der Waals surface area contributed by atoms with E-state index in [2.05, 4.69) is 20.3 Å². The highest BCUT2D eigenvalue weighted by atomic mass is 35.5. The molecule has 19 heavy (non-hydrogen) atoms. The summed E-state index contributed by atoms with van der Waals surface area (Å²) in [5, 5.41) is 2.89. The third-order valence-corrected chi connectivity index (χ3v) is 3.45. The van der Waals surface area contributed by atoms with Crippen LogP contribution in [0.25, 0.3) is 0 Å². The Kier molecular flexibility index (Phi) is 3.65. The molecule has 0 saturated carbocycles. The molecule has 0 aliphatic heterocycles. The minimum Gasteiger partial charge on any atom is -0.324 e. The van der Waals surface area contributed by atoms with Gasteiger partial charge in [-0.05, 0) is 42.3 Å². The number of hydrogen-bond acceptors (Lipinski definition) is 6. The van der Waals surface area contributed by atoms with E-state index in [-0.39, 0.29) is 16.1 Å². The first-order valence-electron chi connectivity index (χ1n) is 5.06. The van der Waals surface area contributed by atoms with Gasteiger partial charge in [-0.25, -0.2) is 9.97 Å². The number of nitrogens with one attached hydrogen (secondary N) is 1. The fourth-order valence-corrected chi connectivity index (χ4v) is 2.31. The highest BCUT2D eigenvalue weighted by Crippen LogP contribution is 2.21. The van der Waals surface area contributed by atoms with Gasteiger partial charge < -0.3 is 5.32 Å². The number of aromatic nitrogens is 3. The topological polar surface area (TPSA) is 105 Å². The molecule has 0 aliphatic carbocycles. The molecule has 0 radical (unpaired) electrons. The largest absolute Gasteiger partial charge is 0.324 e. The summed E-state index contributed by atoms with van der Waals surface area (Å²) in [5.74, 6) is 0.235. The van der Waals surface area contributed by atoms with Crippen molar-refractivity contribution in [2.45, 2.75) is 11.8 Å². The number of aryl methyl sites for hydroxylation is 1. The first-order chi connectivity index (χ1) is 8.86. The minimum atomic E-state index is -4.22. The van der Waals surface area contributed by atoms with Crippen molar-refractivity contribution in [1.29, 1.82) is 0 Å². The van der Waals surface area contributed by atoms with Crippen molar-refractivity contribution in [2.24, 2.45) is 0 Å². The zero-order chi connectivity index (χ0) is 14.0. The molecule has 2 N–H and O–H groups in total. The highest BCUT2D eigenvalue weighted by Gasteiger charge is 2.13.